The molecule has 4 saturated heterocycles. The number of nitrogens with zero attached hydrogens (tertiary/aromatic N) is 10. The van der Waals surface area contributed by atoms with Crippen molar-refractivity contribution in [2.24, 2.45) is 5.92 Å². The first-order valence-corrected chi connectivity index (χ1v) is 27.7. The number of nitrogen functional groups attached to an aromatic ring is 1. The van der Waals surface area contributed by atoms with Crippen molar-refractivity contribution in [3.05, 3.63) is 102 Å². The number of ether oxygens (including phenoxy) is 3. The van der Waals surface area contributed by atoms with E-state index in [1.807, 2.05) is 81.9 Å². The van der Waals surface area contributed by atoms with Crippen LogP contribution in [0.2, 0.25) is 0 Å². The second kappa shape index (κ2) is 24.2. The average Bonchev–Trinajstić information content (AvgIpc) is 4.24. The molecule has 2 bridgehead atoms. The van der Waals surface area contributed by atoms with Gasteiger partial charge in [0.05, 0.1) is 46.2 Å². The molecule has 21 heteroatoms. The number of anilines is 3. The van der Waals surface area contributed by atoms with Crippen LogP contribution in [0.5, 0.6) is 17.5 Å². The van der Waals surface area contributed by atoms with Gasteiger partial charge < -0.3 is 54.7 Å². The molecule has 6 aromatic rings. The number of thiazole rings is 1. The average molecular weight is 1070 g/mol. The molecule has 4 fully saturated rings. The fourth-order valence-corrected chi connectivity index (χ4v) is 12.1. The summed E-state index contributed by atoms with van der Waals surface area (Å²) < 4.78 is 23.9. The lowest BCUT2D eigenvalue weighted by atomic mass is 9.91. The number of pyridine rings is 1. The number of para-hydroxylation sites is 1. The van der Waals surface area contributed by atoms with E-state index in [4.69, 9.17) is 24.5 Å². The Hall–Kier alpha value is -6.91. The van der Waals surface area contributed by atoms with Gasteiger partial charge in [0.15, 0.2) is 11.6 Å². The van der Waals surface area contributed by atoms with Gasteiger partial charge in [-0.15, -0.1) is 21.5 Å². The molecule has 0 saturated carbocycles. The number of aromatic nitrogens is 5. The summed E-state index contributed by atoms with van der Waals surface area (Å²) in [6.07, 6.45) is 3.21. The van der Waals surface area contributed by atoms with E-state index in [9.17, 15) is 19.8 Å². The fraction of sp³-hybridized carbons (Fsp3) is 0.482. The highest BCUT2D eigenvalue weighted by Gasteiger charge is 2.44. The highest BCUT2D eigenvalue weighted by Crippen LogP contribution is 2.40. The summed E-state index contributed by atoms with van der Waals surface area (Å²) in [6, 6.07) is 22.0. The molecule has 0 spiro atoms. The number of phenols is 1. The summed E-state index contributed by atoms with van der Waals surface area (Å²) >= 11 is 1.58. The molecule has 2 unspecified atom stereocenters. The minimum atomic E-state index is -0.884. The summed E-state index contributed by atoms with van der Waals surface area (Å²) in [5.41, 5.74) is 14.2. The number of hydrogen-bond acceptors (Lipinski definition) is 19. The van der Waals surface area contributed by atoms with Gasteiger partial charge in [0, 0.05) is 114 Å². The predicted octanol–water partition coefficient (Wildman–Crippen LogP) is 5.77. The molecule has 4 aromatic heterocycles. The molecular formula is C56H70N12O8S. The van der Waals surface area contributed by atoms with E-state index < -0.39 is 24.1 Å². The minimum Gasteiger partial charge on any atom is -0.507 e. The molecule has 20 nitrogen and oxygen atoms in total. The number of aliphatic hydroxyl groups excluding tert-OH is 1. The smallest absolute Gasteiger partial charge is 0.254 e. The van der Waals surface area contributed by atoms with Crippen LogP contribution >= 0.6 is 11.3 Å². The van der Waals surface area contributed by atoms with Crippen LogP contribution in [0.15, 0.2) is 89.0 Å². The first-order valence-electron chi connectivity index (χ1n) is 26.9. The Balaban J connectivity index is 0.665. The normalized spacial score (nSPS) is 20.7. The number of aromatic hydroxyl groups is 1. The van der Waals surface area contributed by atoms with Gasteiger partial charge in [0.1, 0.15) is 30.9 Å². The summed E-state index contributed by atoms with van der Waals surface area (Å²) in [5.74, 6) is 0.161. The minimum absolute atomic E-state index is 0.0258. The number of carbonyl (C=O) groups is 2. The van der Waals surface area contributed by atoms with E-state index in [1.165, 1.54) is 4.90 Å². The summed E-state index contributed by atoms with van der Waals surface area (Å²) in [4.78, 5) is 49.5. The number of amides is 2. The molecule has 8 heterocycles. The summed E-state index contributed by atoms with van der Waals surface area (Å²) in [7, 11) is 0. The molecule has 5 N–H and O–H groups in total. The lowest BCUT2D eigenvalue weighted by Crippen LogP contribution is -2.54. The van der Waals surface area contributed by atoms with Crippen molar-refractivity contribution in [3.8, 4) is 39.2 Å². The summed E-state index contributed by atoms with van der Waals surface area (Å²) in [5, 5.41) is 37.1. The molecule has 10 rings (SSSR count). The highest BCUT2D eigenvalue weighted by molar-refractivity contribution is 7.13. The van der Waals surface area contributed by atoms with Gasteiger partial charge in [-0.2, -0.15) is 0 Å². The molecule has 4 aliphatic rings. The third-order valence-corrected chi connectivity index (χ3v) is 16.3. The number of aliphatic hydroxyl groups is 1. The molecule has 2 aromatic carbocycles. The van der Waals surface area contributed by atoms with Gasteiger partial charge in [-0.25, -0.2) is 9.97 Å². The topological polar surface area (TPSA) is 234 Å². The Morgan fingerprint density at radius 2 is 1.61 bits per heavy atom. The van der Waals surface area contributed by atoms with E-state index in [0.29, 0.717) is 61.0 Å². The Morgan fingerprint density at radius 3 is 2.29 bits per heavy atom. The maximum absolute atomic E-state index is 14.4. The van der Waals surface area contributed by atoms with Crippen LogP contribution in [0.25, 0.3) is 21.7 Å². The van der Waals surface area contributed by atoms with Gasteiger partial charge in [-0.05, 0) is 73.2 Å². The zero-order valence-corrected chi connectivity index (χ0v) is 45.1. The quantitative estimate of drug-likeness (QED) is 0.0669. The second-order valence-corrected chi connectivity index (χ2v) is 21.6. The zero-order valence-electron chi connectivity index (χ0n) is 44.2. The lowest BCUT2D eigenvalue weighted by Gasteiger charge is -2.43. The van der Waals surface area contributed by atoms with Crippen molar-refractivity contribution in [3.63, 3.8) is 0 Å². The molecule has 2 amide bonds. The first kappa shape index (κ1) is 53.5. The number of benzene rings is 2. The largest absolute Gasteiger partial charge is 0.507 e. The zero-order chi connectivity index (χ0) is 53.6. The predicted molar refractivity (Wildman–Crippen MR) is 293 cm³/mol. The van der Waals surface area contributed by atoms with E-state index >= 15 is 0 Å². The number of rotatable bonds is 21. The number of hydrogen-bond donors (Lipinski definition) is 4. The second-order valence-electron chi connectivity index (χ2n) is 20.7. The summed E-state index contributed by atoms with van der Waals surface area (Å²) in [6.45, 7) is 16.0. The number of aryl methyl sites for hydroxylation is 1. The van der Waals surface area contributed by atoms with Gasteiger partial charge in [-0.1, -0.05) is 50.2 Å². The maximum Gasteiger partial charge on any atom is 0.254 e. The van der Waals surface area contributed by atoms with Crippen molar-refractivity contribution in [2.45, 2.75) is 83.1 Å². The molecule has 4 aliphatic heterocycles. The standard InChI is InChI=1S/C56H70N12O8S/c1-5-73-33-45(37-10-12-38(13-11-37)53-36(4)59-34-77-53)60-55(71)47-27-42(69)32-67(47)56(72)52(35(2)3)49-29-51(63-76-49)75-25-23-65-20-18-64(19-21-65)22-24-74-50-26-39(16-17-58-50)68-40-14-15-41(68)31-66(30-40)46-28-44(61-62-54(46)57)43-8-6-7-9-48(43)70/h6-13,16-17,26,28-29,34-35,40-42,45,47,52,69-70H,5,14-15,18-25,27,30-33H2,1-4H3,(H2,57,62)(H,60,71)/t40?,41?,42-,45+,47+,52+/m1/s1. The van der Waals surface area contributed by atoms with E-state index in [-0.39, 0.29) is 55.1 Å². The van der Waals surface area contributed by atoms with Crippen LogP contribution in [0.1, 0.15) is 69.0 Å². The third-order valence-electron chi connectivity index (χ3n) is 15.3. The maximum atomic E-state index is 14.4. The number of nitrogens with one attached hydrogen (secondary N) is 1. The molecule has 408 valence electrons. The number of piperazine rings is 2. The number of nitrogens with two attached hydrogens (primary N) is 1. The Bertz CT molecular complexity index is 2940. The van der Waals surface area contributed by atoms with Crippen molar-refractivity contribution in [1.29, 1.82) is 0 Å². The molecule has 0 aliphatic carbocycles. The number of β-amino-alcohol motifs (C(OH)–C–C–N with tert-alkyl or cyclic N) is 1. The molecule has 77 heavy (non-hydrogen) atoms. The van der Waals surface area contributed by atoms with Crippen molar-refractivity contribution < 1.29 is 38.5 Å². The third kappa shape index (κ3) is 12.3. The van der Waals surface area contributed by atoms with Gasteiger partial charge in [0.25, 0.3) is 5.88 Å². The van der Waals surface area contributed by atoms with Gasteiger partial charge in [0.2, 0.25) is 17.7 Å². The Labute approximate surface area is 453 Å². The van der Waals surface area contributed by atoms with Crippen LogP contribution in [0.4, 0.5) is 17.2 Å². The van der Waals surface area contributed by atoms with Crippen LogP contribution in [-0.2, 0) is 14.3 Å². The van der Waals surface area contributed by atoms with Crippen LogP contribution in [0, 0.1) is 12.8 Å². The Kier molecular flexibility index (Phi) is 16.8. The van der Waals surface area contributed by atoms with Gasteiger partial charge in [-0.3, -0.25) is 19.4 Å². The Morgan fingerprint density at radius 1 is 0.896 bits per heavy atom. The van der Waals surface area contributed by atoms with Crippen LogP contribution in [0.3, 0.4) is 0 Å². The van der Waals surface area contributed by atoms with Crippen molar-refractivity contribution in [1.82, 2.24) is 45.3 Å². The monoisotopic (exact) mass is 1070 g/mol. The molecular weight excluding hydrogens is 1000 g/mol. The SMILES string of the molecule is CCOC[C@H](NC(=O)[C@@H]1C[C@@H](O)CN1C(=O)[C@H](c1cc(OCCN2CCN(CCOc3cc(N4C5CCC4CN(c4cc(-c6ccccc6O)nnc4N)C5)ccn3)CC2)no1)C(C)C)c1ccc(-c2scnc2C)cc1. The number of carbonyl (C=O) groups excluding carboxylic acids is 2. The van der Waals surface area contributed by atoms with Crippen LogP contribution in [-0.4, -0.2) is 172 Å². The first-order chi connectivity index (χ1) is 37.4. The van der Waals surface area contributed by atoms with E-state index in [0.717, 1.165) is 91.7 Å². The number of phenolic OH excluding ortho intramolecular Hbond substituents is 1. The van der Waals surface area contributed by atoms with Gasteiger partial charge >= 0.3 is 0 Å². The number of fused-ring (bicyclic) bond motifs is 2. The fourth-order valence-electron chi connectivity index (χ4n) is 11.3. The van der Waals surface area contributed by atoms with Crippen molar-refractivity contribution in [2.75, 3.05) is 101 Å². The highest BCUT2D eigenvalue weighted by atomic mass is 32.1. The number of likely N-dealkylation sites (tertiary alicyclic amines) is 1. The van der Waals surface area contributed by atoms with E-state index in [1.54, 1.807) is 29.5 Å². The molecule has 6 atom stereocenters. The molecule has 0 radical (unpaired) electrons. The lowest BCUT2D eigenvalue weighted by molar-refractivity contribution is -0.141. The van der Waals surface area contributed by atoms with Crippen LogP contribution < -0.4 is 30.3 Å². The van der Waals surface area contributed by atoms with E-state index in [2.05, 4.69) is 62.4 Å². The van der Waals surface area contributed by atoms with Crippen molar-refractivity contribution >= 4 is 40.3 Å².